The third-order valence-electron chi connectivity index (χ3n) is 1.69. The molecule has 0 saturated heterocycles. The molecule has 0 saturated carbocycles. The summed E-state index contributed by atoms with van der Waals surface area (Å²) < 4.78 is 0. The van der Waals surface area contributed by atoms with Gasteiger partial charge in [0.15, 0.2) is 6.10 Å². The Balaban J connectivity index is 2.60. The van der Waals surface area contributed by atoms with E-state index in [0.717, 1.165) is 0 Å². The third kappa shape index (κ3) is 2.99. The summed E-state index contributed by atoms with van der Waals surface area (Å²) in [5.74, 6) is 4.57. The number of amides is 1. The molecule has 14 heavy (non-hydrogen) atoms. The lowest BCUT2D eigenvalue weighted by molar-refractivity contribution is -0.126. The fraction of sp³-hybridized carbons (Fsp3) is 0.222. The van der Waals surface area contributed by atoms with Crippen molar-refractivity contribution in [3.05, 3.63) is 29.3 Å². The second kappa shape index (κ2) is 4.95. The summed E-state index contributed by atoms with van der Waals surface area (Å²) >= 11 is 5.68. The highest BCUT2D eigenvalue weighted by Crippen LogP contribution is 2.13. The van der Waals surface area contributed by atoms with E-state index in [1.165, 1.54) is 0 Å². The normalized spacial score (nSPS) is 12.2. The smallest absolute Gasteiger partial charge is 0.255 e. The summed E-state index contributed by atoms with van der Waals surface area (Å²) in [6.45, 7) is 1.56. The first-order valence-corrected chi connectivity index (χ1v) is 4.43. The predicted molar refractivity (Wildman–Crippen MR) is 54.8 cm³/mol. The highest BCUT2D eigenvalue weighted by Gasteiger charge is 2.11. The molecule has 1 aromatic carbocycles. The average Bonchev–Trinajstić information content (AvgIpc) is 2.20. The molecule has 5 heteroatoms. The van der Waals surface area contributed by atoms with Gasteiger partial charge in [-0.3, -0.25) is 9.63 Å². The van der Waals surface area contributed by atoms with Crippen LogP contribution < -0.4 is 11.2 Å². The third-order valence-corrected chi connectivity index (χ3v) is 1.94. The number of anilines is 1. The zero-order chi connectivity index (χ0) is 10.6. The molecule has 1 atom stereocenters. The van der Waals surface area contributed by atoms with E-state index in [2.05, 4.69) is 10.2 Å². The first kappa shape index (κ1) is 11.0. The van der Waals surface area contributed by atoms with Crippen molar-refractivity contribution in [1.29, 1.82) is 0 Å². The maximum absolute atomic E-state index is 11.3. The summed E-state index contributed by atoms with van der Waals surface area (Å²) in [5.41, 5.74) is 0.656. The number of hydrogen-bond acceptors (Lipinski definition) is 3. The average molecular weight is 215 g/mol. The van der Waals surface area contributed by atoms with E-state index >= 15 is 0 Å². The van der Waals surface area contributed by atoms with Crippen LogP contribution in [0.15, 0.2) is 24.3 Å². The molecule has 0 spiro atoms. The summed E-state index contributed by atoms with van der Waals surface area (Å²) in [4.78, 5) is 15.6. The molecule has 0 radical (unpaired) electrons. The quantitative estimate of drug-likeness (QED) is 0.751. The number of halogens is 1. The van der Waals surface area contributed by atoms with E-state index in [9.17, 15) is 4.79 Å². The Bertz CT molecular complexity index is 313. The van der Waals surface area contributed by atoms with Gasteiger partial charge >= 0.3 is 0 Å². The molecule has 76 valence electrons. The van der Waals surface area contributed by atoms with E-state index in [1.54, 1.807) is 31.2 Å². The molecule has 0 aliphatic heterocycles. The molecule has 1 aromatic rings. The van der Waals surface area contributed by atoms with Crippen molar-refractivity contribution in [2.75, 3.05) is 5.32 Å². The Morgan fingerprint density at radius 1 is 1.50 bits per heavy atom. The maximum Gasteiger partial charge on any atom is 0.255 e. The second-order valence-corrected chi connectivity index (χ2v) is 3.21. The van der Waals surface area contributed by atoms with E-state index in [4.69, 9.17) is 17.5 Å². The van der Waals surface area contributed by atoms with Crippen LogP contribution in [0.2, 0.25) is 5.02 Å². The Morgan fingerprint density at radius 2 is 2.07 bits per heavy atom. The number of hydrogen-bond donors (Lipinski definition) is 2. The lowest BCUT2D eigenvalue weighted by Gasteiger charge is -2.09. The fourth-order valence-electron chi connectivity index (χ4n) is 0.839. The Labute approximate surface area is 86.9 Å². The molecule has 0 bridgehead atoms. The lowest BCUT2D eigenvalue weighted by atomic mass is 10.3. The first-order chi connectivity index (χ1) is 6.63. The minimum atomic E-state index is -0.675. The highest BCUT2D eigenvalue weighted by molar-refractivity contribution is 6.30. The van der Waals surface area contributed by atoms with Crippen LogP contribution in [0.4, 0.5) is 5.69 Å². The summed E-state index contributed by atoms with van der Waals surface area (Å²) in [6.07, 6.45) is -0.675. The molecule has 0 unspecified atom stereocenters. The van der Waals surface area contributed by atoms with Crippen molar-refractivity contribution in [2.24, 2.45) is 5.90 Å². The minimum absolute atomic E-state index is 0.296. The van der Waals surface area contributed by atoms with Crippen LogP contribution in [-0.2, 0) is 9.63 Å². The van der Waals surface area contributed by atoms with Gasteiger partial charge in [-0.05, 0) is 31.2 Å². The Kier molecular flexibility index (Phi) is 3.88. The van der Waals surface area contributed by atoms with Crippen LogP contribution in [0.25, 0.3) is 0 Å². The standard InChI is InChI=1S/C9H11ClN2O2/c1-6(14-11)9(13)12-8-4-2-7(10)3-5-8/h2-6H,11H2,1H3,(H,12,13)/t6-/m0/s1. The number of carbonyl (C=O) groups excluding carboxylic acids is 1. The Morgan fingerprint density at radius 3 is 2.57 bits per heavy atom. The molecule has 3 N–H and O–H groups in total. The van der Waals surface area contributed by atoms with Crippen LogP contribution >= 0.6 is 11.6 Å². The van der Waals surface area contributed by atoms with E-state index in [1.807, 2.05) is 0 Å². The molecule has 1 rings (SSSR count). The van der Waals surface area contributed by atoms with Gasteiger partial charge < -0.3 is 5.32 Å². The van der Waals surface area contributed by atoms with Crippen molar-refractivity contribution in [2.45, 2.75) is 13.0 Å². The van der Waals surface area contributed by atoms with Gasteiger partial charge in [-0.2, -0.15) is 0 Å². The predicted octanol–water partition coefficient (Wildman–Crippen LogP) is 1.56. The van der Waals surface area contributed by atoms with E-state index < -0.39 is 6.10 Å². The van der Waals surface area contributed by atoms with Crippen molar-refractivity contribution in [1.82, 2.24) is 0 Å². The molecule has 1 amide bonds. The number of benzene rings is 1. The van der Waals surface area contributed by atoms with Crippen molar-refractivity contribution in [3.63, 3.8) is 0 Å². The van der Waals surface area contributed by atoms with Gasteiger partial charge in [0.1, 0.15) is 0 Å². The molecule has 0 aromatic heterocycles. The van der Waals surface area contributed by atoms with Gasteiger partial charge in [0.25, 0.3) is 5.91 Å². The second-order valence-electron chi connectivity index (χ2n) is 2.77. The molecule has 0 aliphatic carbocycles. The van der Waals surface area contributed by atoms with Crippen LogP contribution in [0.5, 0.6) is 0 Å². The van der Waals surface area contributed by atoms with E-state index in [-0.39, 0.29) is 5.91 Å². The number of nitrogens with one attached hydrogen (secondary N) is 1. The monoisotopic (exact) mass is 214 g/mol. The van der Waals surface area contributed by atoms with Crippen molar-refractivity contribution in [3.8, 4) is 0 Å². The molecule has 0 heterocycles. The minimum Gasteiger partial charge on any atom is -0.324 e. The van der Waals surface area contributed by atoms with Crippen LogP contribution in [0, 0.1) is 0 Å². The van der Waals surface area contributed by atoms with Crippen molar-refractivity contribution < 1.29 is 9.63 Å². The largest absolute Gasteiger partial charge is 0.324 e. The van der Waals surface area contributed by atoms with Crippen LogP contribution in [-0.4, -0.2) is 12.0 Å². The zero-order valence-electron chi connectivity index (χ0n) is 7.66. The maximum atomic E-state index is 11.3. The summed E-state index contributed by atoms with van der Waals surface area (Å²) in [5, 5.41) is 3.23. The molecular weight excluding hydrogens is 204 g/mol. The van der Waals surface area contributed by atoms with E-state index in [0.29, 0.717) is 10.7 Å². The molecule has 4 nitrogen and oxygen atoms in total. The van der Waals surface area contributed by atoms with Gasteiger partial charge in [0.2, 0.25) is 0 Å². The van der Waals surface area contributed by atoms with Gasteiger partial charge in [0, 0.05) is 10.7 Å². The summed E-state index contributed by atoms with van der Waals surface area (Å²) in [7, 11) is 0. The summed E-state index contributed by atoms with van der Waals surface area (Å²) in [6, 6.07) is 6.77. The van der Waals surface area contributed by atoms with Gasteiger partial charge in [-0.1, -0.05) is 11.6 Å². The Hall–Kier alpha value is -1.10. The van der Waals surface area contributed by atoms with Crippen LogP contribution in [0.3, 0.4) is 0 Å². The van der Waals surface area contributed by atoms with Crippen LogP contribution in [0.1, 0.15) is 6.92 Å². The van der Waals surface area contributed by atoms with Gasteiger partial charge in [-0.15, -0.1) is 0 Å². The van der Waals surface area contributed by atoms with Gasteiger partial charge in [0.05, 0.1) is 0 Å². The van der Waals surface area contributed by atoms with Gasteiger partial charge in [-0.25, -0.2) is 5.90 Å². The zero-order valence-corrected chi connectivity index (χ0v) is 8.41. The number of carbonyl (C=O) groups is 1. The molecule has 0 fully saturated rings. The lowest BCUT2D eigenvalue weighted by Crippen LogP contribution is -2.29. The van der Waals surface area contributed by atoms with Crippen molar-refractivity contribution >= 4 is 23.2 Å². The first-order valence-electron chi connectivity index (χ1n) is 4.05. The molecule has 0 aliphatic rings. The fourth-order valence-corrected chi connectivity index (χ4v) is 0.965. The SMILES string of the molecule is C[C@H](ON)C(=O)Nc1ccc(Cl)cc1. The topological polar surface area (TPSA) is 64.3 Å². The highest BCUT2D eigenvalue weighted by atomic mass is 35.5. The molecular formula is C9H11ClN2O2. The number of nitrogens with two attached hydrogens (primary N) is 1. The number of rotatable bonds is 3.